The molecule has 0 spiro atoms. The Labute approximate surface area is 190 Å². The monoisotopic (exact) mass is 448 g/mol. The third-order valence-electron chi connectivity index (χ3n) is 5.37. The van der Waals surface area contributed by atoms with Gasteiger partial charge in [0, 0.05) is 11.9 Å². The van der Waals surface area contributed by atoms with E-state index in [1.807, 2.05) is 26.0 Å². The number of aliphatic hydroxyl groups excluding tert-OH is 1. The molecule has 1 aromatic heterocycles. The van der Waals surface area contributed by atoms with E-state index in [1.165, 1.54) is 12.0 Å². The number of benzene rings is 2. The van der Waals surface area contributed by atoms with Gasteiger partial charge >= 0.3 is 0 Å². The van der Waals surface area contributed by atoms with E-state index in [4.69, 9.17) is 16.3 Å². The lowest BCUT2D eigenvalue weighted by molar-refractivity contribution is -0.132. The number of ketones is 1. The molecule has 1 aliphatic heterocycles. The van der Waals surface area contributed by atoms with Crippen LogP contribution in [0.2, 0.25) is 5.02 Å². The summed E-state index contributed by atoms with van der Waals surface area (Å²) >= 11 is 6.31. The fourth-order valence-electron chi connectivity index (χ4n) is 3.88. The first-order valence-corrected chi connectivity index (χ1v) is 10.3. The van der Waals surface area contributed by atoms with Crippen molar-refractivity contribution >= 4 is 34.7 Å². The molecule has 7 heteroatoms. The highest BCUT2D eigenvalue weighted by Crippen LogP contribution is 2.44. The molecule has 4 rings (SSSR count). The Morgan fingerprint density at radius 2 is 1.78 bits per heavy atom. The maximum Gasteiger partial charge on any atom is 0.300 e. The number of aromatic nitrogens is 1. The summed E-state index contributed by atoms with van der Waals surface area (Å²) in [5.41, 5.74) is 2.92. The van der Waals surface area contributed by atoms with Gasteiger partial charge in [0.25, 0.3) is 11.7 Å². The van der Waals surface area contributed by atoms with Crippen LogP contribution in [0.4, 0.5) is 5.69 Å². The van der Waals surface area contributed by atoms with E-state index in [0.717, 1.165) is 11.1 Å². The number of pyridine rings is 1. The fraction of sp³-hybridized carbons (Fsp3) is 0.160. The van der Waals surface area contributed by atoms with Crippen molar-refractivity contribution in [3.63, 3.8) is 0 Å². The molecule has 1 atom stereocenters. The Morgan fingerprint density at radius 1 is 1.06 bits per heavy atom. The van der Waals surface area contributed by atoms with Crippen LogP contribution in [0.5, 0.6) is 5.75 Å². The third-order valence-corrected chi connectivity index (χ3v) is 5.65. The number of aliphatic hydroxyl groups is 1. The van der Waals surface area contributed by atoms with Crippen LogP contribution in [-0.4, -0.2) is 28.9 Å². The van der Waals surface area contributed by atoms with Crippen molar-refractivity contribution in [3.05, 3.63) is 93.8 Å². The van der Waals surface area contributed by atoms with Gasteiger partial charge in [-0.05, 0) is 55.8 Å². The Hall–Kier alpha value is -3.64. The van der Waals surface area contributed by atoms with Crippen LogP contribution < -0.4 is 9.64 Å². The molecule has 3 aromatic rings. The number of methoxy groups -OCH3 is 1. The second-order valence-electron chi connectivity index (χ2n) is 7.59. The van der Waals surface area contributed by atoms with Crippen molar-refractivity contribution < 1.29 is 19.4 Å². The minimum atomic E-state index is -0.914. The van der Waals surface area contributed by atoms with Gasteiger partial charge in [0.05, 0.1) is 29.0 Å². The first kappa shape index (κ1) is 21.6. The molecule has 1 saturated heterocycles. The molecule has 0 radical (unpaired) electrons. The van der Waals surface area contributed by atoms with Gasteiger partial charge in [-0.3, -0.25) is 19.5 Å². The Balaban J connectivity index is 1.99. The van der Waals surface area contributed by atoms with Crippen LogP contribution in [0.25, 0.3) is 5.76 Å². The predicted octanol–water partition coefficient (Wildman–Crippen LogP) is 4.99. The number of halogens is 1. The molecule has 1 aliphatic rings. The van der Waals surface area contributed by atoms with Crippen molar-refractivity contribution in [1.82, 2.24) is 4.98 Å². The van der Waals surface area contributed by atoms with Crippen molar-refractivity contribution in [3.8, 4) is 5.75 Å². The normalized spacial score (nSPS) is 17.6. The minimum Gasteiger partial charge on any atom is -0.507 e. The topological polar surface area (TPSA) is 79.7 Å². The number of hydrogen-bond donors (Lipinski definition) is 1. The summed E-state index contributed by atoms with van der Waals surface area (Å²) in [4.78, 5) is 32.1. The Morgan fingerprint density at radius 3 is 2.41 bits per heavy atom. The van der Waals surface area contributed by atoms with Gasteiger partial charge in [-0.1, -0.05) is 35.4 Å². The molecule has 32 heavy (non-hydrogen) atoms. The van der Waals surface area contributed by atoms with E-state index >= 15 is 0 Å². The predicted molar refractivity (Wildman–Crippen MR) is 123 cm³/mol. The number of anilines is 1. The van der Waals surface area contributed by atoms with Gasteiger partial charge in [-0.2, -0.15) is 0 Å². The van der Waals surface area contributed by atoms with E-state index in [-0.39, 0.29) is 27.7 Å². The largest absolute Gasteiger partial charge is 0.507 e. The van der Waals surface area contributed by atoms with Gasteiger partial charge in [0.2, 0.25) is 0 Å². The number of nitrogens with zero attached hydrogens (tertiary/aromatic N) is 2. The van der Waals surface area contributed by atoms with E-state index in [2.05, 4.69) is 4.98 Å². The summed E-state index contributed by atoms with van der Waals surface area (Å²) in [7, 11) is 1.43. The minimum absolute atomic E-state index is 0.0748. The molecule has 0 aliphatic carbocycles. The second kappa shape index (κ2) is 8.48. The smallest absolute Gasteiger partial charge is 0.300 e. The number of Topliss-reactive ketones (excluding diaryl/α,β-unsaturated/α-hetero) is 1. The summed E-state index contributed by atoms with van der Waals surface area (Å²) in [5.74, 6) is -1.70. The molecule has 2 aromatic carbocycles. The highest BCUT2D eigenvalue weighted by Gasteiger charge is 2.47. The SMILES string of the molecule is COc1c(Cl)cc(C)cc1/C(O)=C1\C(=O)C(=O)N(c2ccc(C)cc2)C1c1ccccn1. The number of ether oxygens (including phenoxy) is 1. The van der Waals surface area contributed by atoms with Crippen LogP contribution in [0, 0.1) is 13.8 Å². The molecule has 1 fully saturated rings. The van der Waals surface area contributed by atoms with Gasteiger partial charge in [-0.15, -0.1) is 0 Å². The van der Waals surface area contributed by atoms with Gasteiger partial charge in [0.1, 0.15) is 17.6 Å². The second-order valence-corrected chi connectivity index (χ2v) is 7.99. The molecule has 2 heterocycles. The highest BCUT2D eigenvalue weighted by atomic mass is 35.5. The summed E-state index contributed by atoms with van der Waals surface area (Å²) in [6, 6.07) is 14.9. The Bertz CT molecular complexity index is 1240. The van der Waals surface area contributed by atoms with Crippen molar-refractivity contribution in [2.75, 3.05) is 12.0 Å². The van der Waals surface area contributed by atoms with Crippen LogP contribution >= 0.6 is 11.6 Å². The number of amides is 1. The zero-order valence-electron chi connectivity index (χ0n) is 17.8. The number of carbonyl (C=O) groups excluding carboxylic acids is 2. The van der Waals surface area contributed by atoms with Gasteiger partial charge in [-0.25, -0.2) is 0 Å². The van der Waals surface area contributed by atoms with Crippen LogP contribution in [0.1, 0.15) is 28.4 Å². The summed E-state index contributed by atoms with van der Waals surface area (Å²) in [6.45, 7) is 3.74. The standard InChI is InChI=1S/C25H21ClN2O4/c1-14-7-9-16(10-8-14)28-21(19-6-4-5-11-27-19)20(23(30)25(28)31)22(29)17-12-15(2)13-18(26)24(17)32-3/h4-13,21,29H,1-3H3/b22-20+. The zero-order chi connectivity index (χ0) is 23.0. The van der Waals surface area contributed by atoms with Crippen molar-refractivity contribution in [1.29, 1.82) is 0 Å². The fourth-order valence-corrected chi connectivity index (χ4v) is 4.23. The number of aryl methyl sites for hydroxylation is 2. The van der Waals surface area contributed by atoms with Gasteiger partial charge in [0.15, 0.2) is 0 Å². The molecule has 162 valence electrons. The van der Waals surface area contributed by atoms with Crippen molar-refractivity contribution in [2.24, 2.45) is 0 Å². The number of hydrogen-bond acceptors (Lipinski definition) is 5. The third kappa shape index (κ3) is 3.63. The maximum atomic E-state index is 13.2. The maximum absolute atomic E-state index is 13.2. The zero-order valence-corrected chi connectivity index (χ0v) is 18.6. The van der Waals surface area contributed by atoms with E-state index in [9.17, 15) is 14.7 Å². The van der Waals surface area contributed by atoms with E-state index in [0.29, 0.717) is 11.4 Å². The molecule has 0 bridgehead atoms. The Kier molecular flexibility index (Phi) is 5.72. The summed E-state index contributed by atoms with van der Waals surface area (Å²) in [5, 5.41) is 11.6. The van der Waals surface area contributed by atoms with Crippen LogP contribution in [0.3, 0.4) is 0 Å². The molecular formula is C25H21ClN2O4. The first-order chi connectivity index (χ1) is 15.3. The summed E-state index contributed by atoms with van der Waals surface area (Å²) in [6.07, 6.45) is 1.58. The number of carbonyl (C=O) groups is 2. The summed E-state index contributed by atoms with van der Waals surface area (Å²) < 4.78 is 5.39. The molecule has 6 nitrogen and oxygen atoms in total. The van der Waals surface area contributed by atoms with Crippen LogP contribution in [0.15, 0.2) is 66.4 Å². The lowest BCUT2D eigenvalue weighted by atomic mass is 9.97. The molecule has 1 unspecified atom stereocenters. The van der Waals surface area contributed by atoms with E-state index in [1.54, 1.807) is 48.7 Å². The van der Waals surface area contributed by atoms with Crippen LogP contribution in [-0.2, 0) is 9.59 Å². The molecular weight excluding hydrogens is 428 g/mol. The lowest BCUT2D eigenvalue weighted by Crippen LogP contribution is -2.29. The average molecular weight is 449 g/mol. The quantitative estimate of drug-likeness (QED) is 0.345. The number of rotatable bonds is 4. The van der Waals surface area contributed by atoms with E-state index < -0.39 is 17.7 Å². The first-order valence-electron chi connectivity index (χ1n) is 9.96. The average Bonchev–Trinajstić information content (AvgIpc) is 3.04. The molecule has 1 N–H and O–H groups in total. The molecule has 1 amide bonds. The molecule has 0 saturated carbocycles. The van der Waals surface area contributed by atoms with Crippen molar-refractivity contribution in [2.45, 2.75) is 19.9 Å². The highest BCUT2D eigenvalue weighted by molar-refractivity contribution is 6.51. The van der Waals surface area contributed by atoms with Gasteiger partial charge < -0.3 is 9.84 Å². The lowest BCUT2D eigenvalue weighted by Gasteiger charge is -2.25.